The molecule has 2 aliphatic rings. The van der Waals surface area contributed by atoms with Gasteiger partial charge in [-0.05, 0) is 44.9 Å². The van der Waals surface area contributed by atoms with Crippen LogP contribution >= 0.6 is 0 Å². The molecule has 1 aromatic rings. The van der Waals surface area contributed by atoms with Crippen LogP contribution in [0.15, 0.2) is 6.20 Å². The minimum absolute atomic E-state index is 0.460. The zero-order valence-electron chi connectivity index (χ0n) is 12.0. The first-order chi connectivity index (χ1) is 9.19. The summed E-state index contributed by atoms with van der Waals surface area (Å²) in [6, 6.07) is 0. The Hall–Kier alpha value is -1.16. The van der Waals surface area contributed by atoms with Gasteiger partial charge >= 0.3 is 0 Å². The highest BCUT2D eigenvalue weighted by atomic mass is 16.5. The van der Waals surface area contributed by atoms with Crippen molar-refractivity contribution >= 4 is 5.82 Å². The minimum atomic E-state index is 0.460. The van der Waals surface area contributed by atoms with Crippen molar-refractivity contribution in [3.8, 4) is 0 Å². The van der Waals surface area contributed by atoms with Crippen LogP contribution in [0, 0.1) is 19.3 Å². The number of ether oxygens (including phenoxy) is 1. The van der Waals surface area contributed by atoms with Crippen molar-refractivity contribution in [1.82, 2.24) is 9.97 Å². The molecular formula is C15H23N3O. The monoisotopic (exact) mass is 261 g/mol. The van der Waals surface area contributed by atoms with Crippen LogP contribution in [0.4, 0.5) is 5.82 Å². The molecule has 0 amide bonds. The number of piperidine rings is 1. The Kier molecular flexibility index (Phi) is 3.44. The number of aryl methyl sites for hydroxylation is 2. The molecule has 0 aromatic carbocycles. The average molecular weight is 261 g/mol. The normalized spacial score (nSPS) is 22.7. The van der Waals surface area contributed by atoms with Gasteiger partial charge in [0.1, 0.15) is 11.6 Å². The molecule has 2 aliphatic heterocycles. The lowest BCUT2D eigenvalue weighted by molar-refractivity contribution is 0.00744. The lowest BCUT2D eigenvalue weighted by Crippen LogP contribution is -2.46. The number of anilines is 1. The van der Waals surface area contributed by atoms with Crippen LogP contribution in [-0.4, -0.2) is 36.3 Å². The highest BCUT2D eigenvalue weighted by Gasteiger charge is 2.37. The average Bonchev–Trinajstić information content (AvgIpc) is 2.42. The third-order valence-electron chi connectivity index (χ3n) is 4.58. The Morgan fingerprint density at radius 2 is 2.00 bits per heavy atom. The van der Waals surface area contributed by atoms with E-state index in [-0.39, 0.29) is 0 Å². The largest absolute Gasteiger partial charge is 0.381 e. The van der Waals surface area contributed by atoms with Crippen molar-refractivity contribution in [2.45, 2.75) is 39.5 Å². The van der Waals surface area contributed by atoms with Gasteiger partial charge in [0.25, 0.3) is 0 Å². The van der Waals surface area contributed by atoms with Gasteiger partial charge in [0.2, 0.25) is 0 Å². The quantitative estimate of drug-likeness (QED) is 0.778. The van der Waals surface area contributed by atoms with Gasteiger partial charge in [0, 0.05) is 38.1 Å². The number of aromatic nitrogens is 2. The first-order valence-electron chi connectivity index (χ1n) is 7.32. The number of hydrogen-bond donors (Lipinski definition) is 0. The van der Waals surface area contributed by atoms with E-state index < -0.39 is 0 Å². The highest BCUT2D eigenvalue weighted by Crippen LogP contribution is 2.40. The van der Waals surface area contributed by atoms with E-state index in [0.29, 0.717) is 5.41 Å². The van der Waals surface area contributed by atoms with Crippen molar-refractivity contribution in [3.05, 3.63) is 17.6 Å². The second-order valence-electron chi connectivity index (χ2n) is 6.06. The van der Waals surface area contributed by atoms with Crippen LogP contribution in [0.1, 0.15) is 37.1 Å². The molecular weight excluding hydrogens is 238 g/mol. The van der Waals surface area contributed by atoms with Crippen LogP contribution in [0.5, 0.6) is 0 Å². The summed E-state index contributed by atoms with van der Waals surface area (Å²) in [5.74, 6) is 2.00. The Morgan fingerprint density at radius 1 is 1.21 bits per heavy atom. The van der Waals surface area contributed by atoms with E-state index in [9.17, 15) is 0 Å². The summed E-state index contributed by atoms with van der Waals surface area (Å²) in [6.45, 7) is 8.19. The van der Waals surface area contributed by atoms with Crippen LogP contribution < -0.4 is 4.90 Å². The Morgan fingerprint density at radius 3 is 2.79 bits per heavy atom. The van der Waals surface area contributed by atoms with E-state index in [1.54, 1.807) is 0 Å². The lowest BCUT2D eigenvalue weighted by atomic mass is 9.74. The molecule has 0 unspecified atom stereocenters. The first kappa shape index (κ1) is 12.9. The summed E-state index contributed by atoms with van der Waals surface area (Å²) in [7, 11) is 0. The molecule has 104 valence electrons. The third-order valence-corrected chi connectivity index (χ3v) is 4.58. The van der Waals surface area contributed by atoms with E-state index in [0.717, 1.165) is 37.9 Å². The van der Waals surface area contributed by atoms with Crippen molar-refractivity contribution in [2.24, 2.45) is 5.41 Å². The van der Waals surface area contributed by atoms with Gasteiger partial charge in [-0.3, -0.25) is 0 Å². The van der Waals surface area contributed by atoms with Gasteiger partial charge in [-0.1, -0.05) is 0 Å². The molecule has 3 heterocycles. The van der Waals surface area contributed by atoms with Gasteiger partial charge in [-0.2, -0.15) is 0 Å². The molecule has 19 heavy (non-hydrogen) atoms. The van der Waals surface area contributed by atoms with E-state index in [2.05, 4.69) is 21.8 Å². The number of nitrogens with zero attached hydrogens (tertiary/aromatic N) is 3. The van der Waals surface area contributed by atoms with Crippen molar-refractivity contribution in [1.29, 1.82) is 0 Å². The fourth-order valence-corrected chi connectivity index (χ4v) is 3.44. The molecule has 1 aromatic heterocycles. The molecule has 0 aliphatic carbocycles. The van der Waals surface area contributed by atoms with Gasteiger partial charge in [-0.25, -0.2) is 9.97 Å². The SMILES string of the molecule is Cc1ncc(C)c(N2CCCC3(CCOCC3)C2)n1. The molecule has 2 saturated heterocycles. The molecule has 4 nitrogen and oxygen atoms in total. The van der Waals surface area contributed by atoms with Crippen LogP contribution in [0.3, 0.4) is 0 Å². The minimum Gasteiger partial charge on any atom is -0.381 e. The van der Waals surface area contributed by atoms with Crippen LogP contribution in [-0.2, 0) is 4.74 Å². The summed E-state index contributed by atoms with van der Waals surface area (Å²) in [4.78, 5) is 11.4. The predicted octanol–water partition coefficient (Wildman–Crippen LogP) is 2.49. The predicted molar refractivity (Wildman–Crippen MR) is 75.4 cm³/mol. The zero-order chi connectivity index (χ0) is 13.3. The van der Waals surface area contributed by atoms with Gasteiger partial charge in [0.15, 0.2) is 0 Å². The molecule has 0 atom stereocenters. The zero-order valence-corrected chi connectivity index (χ0v) is 12.0. The second kappa shape index (κ2) is 5.08. The Bertz CT molecular complexity index is 449. The maximum Gasteiger partial charge on any atom is 0.135 e. The molecule has 0 radical (unpaired) electrons. The Labute approximate surface area is 115 Å². The molecule has 4 heteroatoms. The molecule has 1 spiro atoms. The van der Waals surface area contributed by atoms with Gasteiger partial charge in [-0.15, -0.1) is 0 Å². The van der Waals surface area contributed by atoms with Crippen molar-refractivity contribution < 1.29 is 4.74 Å². The fraction of sp³-hybridized carbons (Fsp3) is 0.733. The smallest absolute Gasteiger partial charge is 0.135 e. The number of rotatable bonds is 1. The molecule has 0 N–H and O–H groups in total. The van der Waals surface area contributed by atoms with E-state index in [4.69, 9.17) is 4.74 Å². The molecule has 2 fully saturated rings. The van der Waals surface area contributed by atoms with E-state index in [1.807, 2.05) is 13.1 Å². The van der Waals surface area contributed by atoms with Crippen LogP contribution in [0.25, 0.3) is 0 Å². The highest BCUT2D eigenvalue weighted by molar-refractivity contribution is 5.46. The molecule has 0 saturated carbocycles. The van der Waals surface area contributed by atoms with Crippen LogP contribution in [0.2, 0.25) is 0 Å². The van der Waals surface area contributed by atoms with Crippen molar-refractivity contribution in [2.75, 3.05) is 31.2 Å². The summed E-state index contributed by atoms with van der Waals surface area (Å²) in [5.41, 5.74) is 1.65. The van der Waals surface area contributed by atoms with Crippen molar-refractivity contribution in [3.63, 3.8) is 0 Å². The lowest BCUT2D eigenvalue weighted by Gasteiger charge is -2.45. The maximum atomic E-state index is 5.54. The molecule has 3 rings (SSSR count). The Balaban J connectivity index is 1.82. The summed E-state index contributed by atoms with van der Waals surface area (Å²) >= 11 is 0. The second-order valence-corrected chi connectivity index (χ2v) is 6.06. The van der Waals surface area contributed by atoms with Gasteiger partial charge < -0.3 is 9.64 Å². The topological polar surface area (TPSA) is 38.2 Å². The summed E-state index contributed by atoms with van der Waals surface area (Å²) < 4.78 is 5.54. The first-order valence-corrected chi connectivity index (χ1v) is 7.32. The van der Waals surface area contributed by atoms with E-state index in [1.165, 1.54) is 31.2 Å². The summed E-state index contributed by atoms with van der Waals surface area (Å²) in [6.07, 6.45) is 6.96. The fourth-order valence-electron chi connectivity index (χ4n) is 3.44. The third kappa shape index (κ3) is 2.59. The number of hydrogen-bond acceptors (Lipinski definition) is 4. The maximum absolute atomic E-state index is 5.54. The van der Waals surface area contributed by atoms with Gasteiger partial charge in [0.05, 0.1) is 0 Å². The standard InChI is InChI=1S/C15H23N3O/c1-12-10-16-13(2)17-14(12)18-7-3-4-15(11-18)5-8-19-9-6-15/h10H,3-9,11H2,1-2H3. The summed E-state index contributed by atoms with van der Waals surface area (Å²) in [5, 5.41) is 0. The molecule has 0 bridgehead atoms. The van der Waals surface area contributed by atoms with E-state index >= 15 is 0 Å².